The highest BCUT2D eigenvalue weighted by Gasteiger charge is 2.56. The second-order valence-electron chi connectivity index (χ2n) is 10.3. The summed E-state index contributed by atoms with van der Waals surface area (Å²) < 4.78 is 5.99. The summed E-state index contributed by atoms with van der Waals surface area (Å²) in [5.41, 5.74) is 4.38. The number of amides is 2. The van der Waals surface area contributed by atoms with Gasteiger partial charge in [-0.3, -0.25) is 4.98 Å². The smallest absolute Gasteiger partial charge is 0.318 e. The first kappa shape index (κ1) is 25.6. The molecule has 2 aliphatic rings. The molecule has 40 heavy (non-hydrogen) atoms. The first-order chi connectivity index (χ1) is 19.5. The van der Waals surface area contributed by atoms with Crippen LogP contribution in [-0.4, -0.2) is 57.2 Å². The first-order valence-electron chi connectivity index (χ1n) is 13.3. The van der Waals surface area contributed by atoms with E-state index in [4.69, 9.17) is 4.74 Å². The number of nitrogens with zero attached hydrogens (tertiary/aromatic N) is 4. The average molecular weight is 535 g/mol. The number of carbonyl (C=O) groups excluding carboxylic acids is 1. The fraction of sp³-hybridized carbons (Fsp3) is 0.290. The largest absolute Gasteiger partial charge is 0.455 e. The number of urea groups is 1. The Hall–Kier alpha value is -4.68. The molecule has 4 aromatic rings. The summed E-state index contributed by atoms with van der Waals surface area (Å²) in [4.78, 5) is 27.4. The Labute approximate surface area is 232 Å². The van der Waals surface area contributed by atoms with Crippen molar-refractivity contribution in [2.75, 3.05) is 31.6 Å². The number of aliphatic hydroxyl groups excluding tert-OH is 1. The summed E-state index contributed by atoms with van der Waals surface area (Å²) in [6, 6.07) is 15.4. The molecule has 1 aliphatic heterocycles. The van der Waals surface area contributed by atoms with Crippen LogP contribution in [-0.2, 0) is 0 Å². The van der Waals surface area contributed by atoms with Gasteiger partial charge in [-0.25, -0.2) is 14.8 Å². The van der Waals surface area contributed by atoms with Gasteiger partial charge in [-0.15, -0.1) is 0 Å². The molecule has 0 bridgehead atoms. The van der Waals surface area contributed by atoms with Crippen molar-refractivity contribution in [2.45, 2.75) is 13.8 Å². The number of likely N-dealkylation sites (tertiary alicyclic amines) is 1. The van der Waals surface area contributed by atoms with E-state index >= 15 is 0 Å². The number of aromatic nitrogens is 3. The topological polar surface area (TPSA) is 112 Å². The van der Waals surface area contributed by atoms with Gasteiger partial charge in [0.15, 0.2) is 0 Å². The fourth-order valence-corrected chi connectivity index (χ4v) is 5.32. The van der Waals surface area contributed by atoms with Crippen LogP contribution in [0.25, 0.3) is 10.9 Å². The lowest BCUT2D eigenvalue weighted by Gasteiger charge is -2.19. The first-order valence-corrected chi connectivity index (χ1v) is 13.3. The van der Waals surface area contributed by atoms with Gasteiger partial charge in [0.25, 0.3) is 0 Å². The number of nitrogens with one attached hydrogen (secondary N) is 2. The van der Waals surface area contributed by atoms with Crippen LogP contribution in [0.15, 0.2) is 61.1 Å². The van der Waals surface area contributed by atoms with Crippen LogP contribution in [0.1, 0.15) is 16.8 Å². The molecule has 0 spiro atoms. The van der Waals surface area contributed by atoms with Gasteiger partial charge >= 0.3 is 6.03 Å². The number of carbonyl (C=O) groups is 1. The van der Waals surface area contributed by atoms with Gasteiger partial charge in [0.05, 0.1) is 18.3 Å². The molecule has 1 saturated carbocycles. The van der Waals surface area contributed by atoms with E-state index in [1.165, 1.54) is 6.33 Å². The van der Waals surface area contributed by atoms with Gasteiger partial charge < -0.3 is 25.4 Å². The standard InChI is InChI=1S/C31H30N6O3/c1-19-12-22(7-10-29(19)40-23-8-5-20(2)33-14-23)36-30-24-13-21(6-9-28(24)34-18-35-30)4-3-11-32-31(39)37-15-25-26(16-37)27(25)17-38/h5-10,12-14,18,25-27,38H,11,15-17H2,1-2H3,(H,32,39)(H,34,35,36). The Morgan fingerprint density at radius 1 is 1.07 bits per heavy atom. The highest BCUT2D eigenvalue weighted by atomic mass is 16.5. The fourth-order valence-electron chi connectivity index (χ4n) is 5.32. The quantitative estimate of drug-likeness (QED) is 0.314. The molecular formula is C31H30N6O3. The van der Waals surface area contributed by atoms with Crippen LogP contribution >= 0.6 is 0 Å². The van der Waals surface area contributed by atoms with Crippen molar-refractivity contribution in [1.29, 1.82) is 0 Å². The van der Waals surface area contributed by atoms with Gasteiger partial charge in [0.2, 0.25) is 0 Å². The monoisotopic (exact) mass is 534 g/mol. The molecule has 2 aromatic heterocycles. The molecule has 3 heterocycles. The van der Waals surface area contributed by atoms with E-state index in [9.17, 15) is 9.90 Å². The molecule has 2 fully saturated rings. The molecule has 2 aromatic carbocycles. The zero-order valence-electron chi connectivity index (χ0n) is 22.4. The van der Waals surface area contributed by atoms with Gasteiger partial charge in [-0.05, 0) is 85.7 Å². The number of benzene rings is 2. The second kappa shape index (κ2) is 10.8. The van der Waals surface area contributed by atoms with Crippen molar-refractivity contribution in [3.63, 3.8) is 0 Å². The predicted molar refractivity (Wildman–Crippen MR) is 152 cm³/mol. The normalized spacial score (nSPS) is 19.0. The third kappa shape index (κ3) is 5.40. The third-order valence-electron chi connectivity index (χ3n) is 7.62. The van der Waals surface area contributed by atoms with Crippen LogP contribution in [0.5, 0.6) is 11.5 Å². The molecule has 202 valence electrons. The Bertz CT molecular complexity index is 1620. The zero-order chi connectivity index (χ0) is 27.6. The number of hydrogen-bond donors (Lipinski definition) is 3. The Balaban J connectivity index is 1.10. The average Bonchev–Trinajstić information content (AvgIpc) is 3.43. The molecule has 1 aliphatic carbocycles. The highest BCUT2D eigenvalue weighted by Crippen LogP contribution is 2.51. The number of pyridine rings is 1. The van der Waals surface area contributed by atoms with Crippen molar-refractivity contribution in [2.24, 2.45) is 17.8 Å². The number of aryl methyl sites for hydroxylation is 2. The maximum atomic E-state index is 12.4. The minimum Gasteiger partial charge on any atom is -0.455 e. The van der Waals surface area contributed by atoms with Crippen LogP contribution in [0.2, 0.25) is 0 Å². The van der Waals surface area contributed by atoms with E-state index in [0.717, 1.165) is 52.3 Å². The van der Waals surface area contributed by atoms with Crippen molar-refractivity contribution in [1.82, 2.24) is 25.2 Å². The molecule has 9 nitrogen and oxygen atoms in total. The Morgan fingerprint density at radius 2 is 1.93 bits per heavy atom. The van der Waals surface area contributed by atoms with E-state index in [1.807, 2.05) is 67.3 Å². The summed E-state index contributed by atoms with van der Waals surface area (Å²) in [7, 11) is 0. The summed E-state index contributed by atoms with van der Waals surface area (Å²) in [6.45, 7) is 5.84. The number of ether oxygens (including phenoxy) is 1. The van der Waals surface area contributed by atoms with Crippen LogP contribution in [0.4, 0.5) is 16.3 Å². The van der Waals surface area contributed by atoms with E-state index in [2.05, 4.69) is 37.4 Å². The number of rotatable bonds is 6. The second-order valence-corrected chi connectivity index (χ2v) is 10.3. The van der Waals surface area contributed by atoms with Crippen molar-refractivity contribution < 1.29 is 14.6 Å². The van der Waals surface area contributed by atoms with E-state index in [1.54, 1.807) is 6.20 Å². The lowest BCUT2D eigenvalue weighted by molar-refractivity contribution is 0.192. The zero-order valence-corrected chi connectivity index (χ0v) is 22.4. The number of fused-ring (bicyclic) bond motifs is 2. The molecule has 2 atom stereocenters. The molecule has 2 unspecified atom stereocenters. The maximum Gasteiger partial charge on any atom is 0.318 e. The van der Waals surface area contributed by atoms with Crippen molar-refractivity contribution in [3.05, 3.63) is 77.9 Å². The Kier molecular flexibility index (Phi) is 6.93. The van der Waals surface area contributed by atoms with Gasteiger partial charge in [0.1, 0.15) is 23.6 Å². The number of piperidine rings is 1. The maximum absolute atomic E-state index is 12.4. The Morgan fingerprint density at radius 3 is 2.67 bits per heavy atom. The molecule has 3 N–H and O–H groups in total. The SMILES string of the molecule is Cc1ccc(Oc2ccc(Nc3ncnc4ccc(C#CCNC(=O)N5CC6C(CO)C6C5)cc34)cc2C)cn1. The van der Waals surface area contributed by atoms with Crippen LogP contribution in [0, 0.1) is 43.4 Å². The molecule has 9 heteroatoms. The van der Waals surface area contributed by atoms with Crippen LogP contribution in [0.3, 0.4) is 0 Å². The minimum absolute atomic E-state index is 0.0983. The summed E-state index contributed by atoms with van der Waals surface area (Å²) in [5, 5.41) is 16.4. The van der Waals surface area contributed by atoms with E-state index < -0.39 is 0 Å². The van der Waals surface area contributed by atoms with Crippen LogP contribution < -0.4 is 15.4 Å². The number of anilines is 2. The lowest BCUT2D eigenvalue weighted by atomic mass is 10.1. The number of hydrogen-bond acceptors (Lipinski definition) is 7. The molecule has 2 amide bonds. The molecular weight excluding hydrogens is 504 g/mol. The molecule has 1 saturated heterocycles. The third-order valence-corrected chi connectivity index (χ3v) is 7.62. The number of aliphatic hydroxyl groups is 1. The van der Waals surface area contributed by atoms with E-state index in [0.29, 0.717) is 29.3 Å². The lowest BCUT2D eigenvalue weighted by Crippen LogP contribution is -2.40. The predicted octanol–water partition coefficient (Wildman–Crippen LogP) is 4.41. The highest BCUT2D eigenvalue weighted by molar-refractivity contribution is 5.91. The summed E-state index contributed by atoms with van der Waals surface area (Å²) >= 11 is 0. The van der Waals surface area contributed by atoms with Gasteiger partial charge in [-0.1, -0.05) is 11.8 Å². The van der Waals surface area contributed by atoms with Crippen molar-refractivity contribution >= 4 is 28.4 Å². The molecule has 0 radical (unpaired) electrons. The molecule has 6 rings (SSSR count). The van der Waals surface area contributed by atoms with Crippen molar-refractivity contribution in [3.8, 4) is 23.3 Å². The summed E-state index contributed by atoms with van der Waals surface area (Å²) in [5.74, 6) is 9.57. The van der Waals surface area contributed by atoms with E-state index in [-0.39, 0.29) is 19.2 Å². The summed E-state index contributed by atoms with van der Waals surface area (Å²) in [6.07, 6.45) is 3.25. The minimum atomic E-state index is -0.0983. The van der Waals surface area contributed by atoms with Gasteiger partial charge in [-0.2, -0.15) is 0 Å². The van der Waals surface area contributed by atoms with Gasteiger partial charge in [0, 0.05) is 42.0 Å².